The fourth-order valence-electron chi connectivity index (χ4n) is 4.67. The van der Waals surface area contributed by atoms with E-state index in [9.17, 15) is 5.11 Å². The molecule has 0 aromatic carbocycles. The largest absolute Gasteiger partial charge is 0.476 e. The highest BCUT2D eigenvalue weighted by molar-refractivity contribution is 5.91. The van der Waals surface area contributed by atoms with E-state index in [0.29, 0.717) is 38.0 Å². The van der Waals surface area contributed by atoms with E-state index in [1.54, 1.807) is 17.1 Å². The molecule has 0 fully saturated rings. The number of pyridine rings is 1. The van der Waals surface area contributed by atoms with E-state index in [4.69, 9.17) is 14.6 Å². The third-order valence-corrected chi connectivity index (χ3v) is 6.59. The summed E-state index contributed by atoms with van der Waals surface area (Å²) in [5.41, 5.74) is 5.05. The lowest BCUT2D eigenvalue weighted by molar-refractivity contribution is 0.109. The predicted octanol–water partition coefficient (Wildman–Crippen LogP) is 3.11. The highest BCUT2D eigenvalue weighted by atomic mass is 16.5. The molecule has 2 bridgehead atoms. The number of hydrogen-bond acceptors (Lipinski definition) is 8. The first kappa shape index (κ1) is 25.0. The minimum atomic E-state index is -0.130. The van der Waals surface area contributed by atoms with E-state index < -0.39 is 0 Å². The van der Waals surface area contributed by atoms with Crippen LogP contribution in [0, 0.1) is 0 Å². The van der Waals surface area contributed by atoms with Crippen LogP contribution in [-0.4, -0.2) is 76.7 Å². The fourth-order valence-corrected chi connectivity index (χ4v) is 4.67. The molecule has 4 aromatic rings. The van der Waals surface area contributed by atoms with Gasteiger partial charge in [0.05, 0.1) is 65.9 Å². The fraction of sp³-hybridized carbons (Fsp3) is 0.462. The van der Waals surface area contributed by atoms with Gasteiger partial charge in [0.15, 0.2) is 0 Å². The maximum Gasteiger partial charge on any atom is 0.240 e. The van der Waals surface area contributed by atoms with Gasteiger partial charge < -0.3 is 14.6 Å². The van der Waals surface area contributed by atoms with Gasteiger partial charge in [0.25, 0.3) is 0 Å². The monoisotopic (exact) mass is 506 g/mol. The summed E-state index contributed by atoms with van der Waals surface area (Å²) in [4.78, 5) is 6.99. The average Bonchev–Trinajstić information content (AvgIpc) is 3.53. The number of aliphatic hydroxyl groups excluding tert-OH is 1. The molecule has 2 N–H and O–H groups in total. The number of ether oxygens (including phenoxy) is 2. The number of nitrogens with one attached hydrogen (secondary N) is 1. The highest BCUT2D eigenvalue weighted by Crippen LogP contribution is 2.33. The molecular weight excluding hydrogens is 472 g/mol. The molecule has 0 saturated carbocycles. The topological polar surface area (TPSA) is 119 Å². The third kappa shape index (κ3) is 4.84. The molecule has 0 radical (unpaired) electrons. The predicted molar refractivity (Wildman–Crippen MR) is 141 cm³/mol. The van der Waals surface area contributed by atoms with E-state index in [2.05, 4.69) is 46.0 Å². The summed E-state index contributed by atoms with van der Waals surface area (Å²) in [6.07, 6.45) is 7.42. The van der Waals surface area contributed by atoms with Crippen LogP contribution in [0.25, 0.3) is 34.3 Å². The van der Waals surface area contributed by atoms with E-state index in [1.165, 1.54) is 0 Å². The van der Waals surface area contributed by atoms with Gasteiger partial charge in [0.1, 0.15) is 6.10 Å². The molecule has 0 amide bonds. The van der Waals surface area contributed by atoms with Gasteiger partial charge >= 0.3 is 0 Å². The van der Waals surface area contributed by atoms with E-state index in [-0.39, 0.29) is 18.8 Å². The quantitative estimate of drug-likeness (QED) is 0.424. The van der Waals surface area contributed by atoms with Gasteiger partial charge in [0.2, 0.25) is 11.8 Å². The molecule has 0 saturated heterocycles. The Bertz CT molecular complexity index is 1420. The first-order valence-electron chi connectivity index (χ1n) is 12.7. The zero-order chi connectivity index (χ0) is 26.1. The molecule has 5 rings (SSSR count). The minimum absolute atomic E-state index is 0.0202. The Kier molecular flexibility index (Phi) is 6.98. The second kappa shape index (κ2) is 10.3. The summed E-state index contributed by atoms with van der Waals surface area (Å²) in [7, 11) is 1.87. The molecule has 37 heavy (non-hydrogen) atoms. The summed E-state index contributed by atoms with van der Waals surface area (Å²) in [5.74, 6) is 1.21. The van der Waals surface area contributed by atoms with Crippen molar-refractivity contribution in [2.24, 2.45) is 7.05 Å². The Balaban J connectivity index is 1.71. The molecular formula is C26H34N8O3. The first-order valence-corrected chi connectivity index (χ1v) is 12.7. The number of aromatic amines is 1. The summed E-state index contributed by atoms with van der Waals surface area (Å²) >= 11 is 0. The molecule has 1 aliphatic heterocycles. The van der Waals surface area contributed by atoms with Crippen molar-refractivity contribution in [2.75, 3.05) is 19.8 Å². The Labute approximate surface area is 215 Å². The molecule has 1 aliphatic rings. The van der Waals surface area contributed by atoms with Gasteiger partial charge in [-0.05, 0) is 45.9 Å². The van der Waals surface area contributed by atoms with Crippen molar-refractivity contribution in [1.29, 1.82) is 0 Å². The molecule has 11 heteroatoms. The van der Waals surface area contributed by atoms with Crippen molar-refractivity contribution in [2.45, 2.75) is 52.9 Å². The van der Waals surface area contributed by atoms with E-state index in [0.717, 1.165) is 39.1 Å². The molecule has 11 nitrogen and oxygen atoms in total. The van der Waals surface area contributed by atoms with Crippen molar-refractivity contribution in [3.8, 4) is 23.0 Å². The molecule has 4 aromatic heterocycles. The SMILES string of the molecule is CCOc1nn(CCO)c2c1/C=C/c1n[nH]c3cnc(cc13)-c1cnn(C)c1O[C@@H](C)CN(C(C)C)C2. The normalized spacial score (nSPS) is 17.3. The minimum Gasteiger partial charge on any atom is -0.476 e. The zero-order valence-electron chi connectivity index (χ0n) is 22.0. The van der Waals surface area contributed by atoms with Gasteiger partial charge in [-0.25, -0.2) is 4.68 Å². The third-order valence-electron chi connectivity index (χ3n) is 6.59. The summed E-state index contributed by atoms with van der Waals surface area (Å²) in [6.45, 7) is 10.5. The Morgan fingerprint density at radius 3 is 2.86 bits per heavy atom. The molecule has 0 aliphatic carbocycles. The van der Waals surface area contributed by atoms with E-state index in [1.807, 2.05) is 36.9 Å². The molecule has 5 heterocycles. The average molecular weight is 507 g/mol. The van der Waals surface area contributed by atoms with E-state index >= 15 is 0 Å². The van der Waals surface area contributed by atoms with Crippen LogP contribution in [0.15, 0.2) is 18.5 Å². The number of aromatic nitrogens is 7. The molecule has 0 unspecified atom stereocenters. The van der Waals surface area contributed by atoms with Gasteiger partial charge in [-0.1, -0.05) is 0 Å². The van der Waals surface area contributed by atoms with Crippen molar-refractivity contribution < 1.29 is 14.6 Å². The van der Waals surface area contributed by atoms with Crippen LogP contribution < -0.4 is 9.47 Å². The lowest BCUT2D eigenvalue weighted by atomic mass is 10.1. The van der Waals surface area contributed by atoms with Crippen molar-refractivity contribution >= 4 is 23.1 Å². The smallest absolute Gasteiger partial charge is 0.240 e. The maximum atomic E-state index is 9.75. The summed E-state index contributed by atoms with van der Waals surface area (Å²) in [6, 6.07) is 2.24. The lowest BCUT2D eigenvalue weighted by Crippen LogP contribution is -2.39. The van der Waals surface area contributed by atoms with Crippen LogP contribution in [-0.2, 0) is 20.1 Å². The molecule has 1 atom stereocenters. The van der Waals surface area contributed by atoms with Crippen LogP contribution in [0.3, 0.4) is 0 Å². The first-order chi connectivity index (χ1) is 17.9. The van der Waals surface area contributed by atoms with Crippen LogP contribution in [0.1, 0.15) is 44.6 Å². The number of hydrogen-bond donors (Lipinski definition) is 2. The van der Waals surface area contributed by atoms with Gasteiger partial charge in [0, 0.05) is 31.6 Å². The van der Waals surface area contributed by atoms with Crippen LogP contribution >= 0.6 is 0 Å². The Hall–Kier alpha value is -3.70. The number of nitrogens with zero attached hydrogens (tertiary/aromatic N) is 7. The van der Waals surface area contributed by atoms with Crippen LogP contribution in [0.5, 0.6) is 11.8 Å². The van der Waals surface area contributed by atoms with Gasteiger partial charge in [-0.15, -0.1) is 5.10 Å². The standard InChI is InChI=1S/C26H34N8O3/c1-6-36-25-18-7-8-21-19-11-22(27-13-23(19)30-29-21)20-12-28-32(5)26(20)37-17(4)14-33(16(2)3)15-24(18)34(31-25)9-10-35/h7-8,11-13,16-17,35H,6,9-10,14-15H2,1-5H3,(H,29,30)/b8-7+/t17-/m0/s1. The number of fused-ring (bicyclic) bond motifs is 4. The van der Waals surface area contributed by atoms with Gasteiger partial charge in [-0.3, -0.25) is 19.7 Å². The van der Waals surface area contributed by atoms with Crippen LogP contribution in [0.2, 0.25) is 0 Å². The van der Waals surface area contributed by atoms with Crippen LogP contribution in [0.4, 0.5) is 0 Å². The number of aliphatic hydroxyl groups is 1. The second-order valence-electron chi connectivity index (χ2n) is 9.54. The maximum absolute atomic E-state index is 9.75. The van der Waals surface area contributed by atoms with Crippen molar-refractivity contribution in [3.63, 3.8) is 0 Å². The Morgan fingerprint density at radius 2 is 2.11 bits per heavy atom. The number of aryl methyl sites for hydroxylation is 1. The summed E-state index contributed by atoms with van der Waals surface area (Å²) < 4.78 is 16.0. The number of H-pyrrole nitrogens is 1. The summed E-state index contributed by atoms with van der Waals surface area (Å²) in [5, 5.41) is 27.4. The van der Waals surface area contributed by atoms with Gasteiger partial charge in [-0.2, -0.15) is 10.2 Å². The second-order valence-corrected chi connectivity index (χ2v) is 9.54. The van der Waals surface area contributed by atoms with Crippen molar-refractivity contribution in [1.82, 2.24) is 39.6 Å². The van der Waals surface area contributed by atoms with Crippen molar-refractivity contribution in [3.05, 3.63) is 35.4 Å². The zero-order valence-corrected chi connectivity index (χ0v) is 22.0. The molecule has 196 valence electrons. The highest BCUT2D eigenvalue weighted by Gasteiger charge is 2.25. The lowest BCUT2D eigenvalue weighted by Gasteiger charge is -2.30. The Morgan fingerprint density at radius 1 is 1.27 bits per heavy atom. The molecule has 0 spiro atoms. The number of rotatable bonds is 5.